The lowest BCUT2D eigenvalue weighted by Crippen LogP contribution is -2.64. The SMILES string of the molecule is CO[C@H]1C[C@@H](C)C/C(C)=C/C(C/C=C/c2ccc(C(C)=O)cc2)C(=O)C[C@H](O)[C@@H](C)[C@@H](/C(C)=C/[C@@H]2CC[C@@H](O)[C@H](CO)C2)OC(=O)C2CCCCN2C(=O)C(=O)[C@]2(O)O[C@H]1[C@@H](OC)C[C@H]2C. The van der Waals surface area contributed by atoms with Gasteiger partial charge in [0.1, 0.15) is 24.0 Å². The van der Waals surface area contributed by atoms with Crippen LogP contribution in [0.4, 0.5) is 0 Å². The summed E-state index contributed by atoms with van der Waals surface area (Å²) in [7, 11) is 3.03. The van der Waals surface area contributed by atoms with Gasteiger partial charge in [-0.25, -0.2) is 4.79 Å². The molecular formula is C52H75NO13. The summed E-state index contributed by atoms with van der Waals surface area (Å²) in [6.07, 6.45) is 6.59. The van der Waals surface area contributed by atoms with Crippen molar-refractivity contribution in [2.75, 3.05) is 27.4 Å². The molecule has 1 aromatic carbocycles. The van der Waals surface area contributed by atoms with Crippen molar-refractivity contribution in [2.45, 2.75) is 161 Å². The predicted molar refractivity (Wildman–Crippen MR) is 248 cm³/mol. The third-order valence-corrected chi connectivity index (χ3v) is 14.6. The molecule has 1 saturated carbocycles. The van der Waals surface area contributed by atoms with Gasteiger partial charge in [-0.1, -0.05) is 74.9 Å². The van der Waals surface area contributed by atoms with Crippen molar-refractivity contribution in [3.63, 3.8) is 0 Å². The number of esters is 1. The number of benzene rings is 1. The van der Waals surface area contributed by atoms with Crippen molar-refractivity contribution < 1.29 is 63.3 Å². The van der Waals surface area contributed by atoms with Gasteiger partial charge in [-0.05, 0) is 108 Å². The Balaban J connectivity index is 1.55. The summed E-state index contributed by atoms with van der Waals surface area (Å²) in [5.74, 6) is -8.60. The monoisotopic (exact) mass is 922 g/mol. The zero-order valence-electron chi connectivity index (χ0n) is 40.2. The van der Waals surface area contributed by atoms with Crippen LogP contribution in [-0.2, 0) is 38.1 Å². The normalized spacial score (nSPS) is 37.1. The first-order valence-corrected chi connectivity index (χ1v) is 24.0. The highest BCUT2D eigenvalue weighted by atomic mass is 16.7. The van der Waals surface area contributed by atoms with Crippen LogP contribution in [0.3, 0.4) is 0 Å². The van der Waals surface area contributed by atoms with E-state index in [0.717, 1.165) is 16.0 Å². The Kier molecular flexibility index (Phi) is 19.2. The van der Waals surface area contributed by atoms with Crippen molar-refractivity contribution in [3.8, 4) is 0 Å². The van der Waals surface area contributed by atoms with Gasteiger partial charge in [0, 0.05) is 63.0 Å². The fourth-order valence-corrected chi connectivity index (χ4v) is 10.5. The first kappa shape index (κ1) is 53.1. The molecule has 4 N–H and O–H groups in total. The number of amides is 1. The molecular weight excluding hydrogens is 847 g/mol. The lowest BCUT2D eigenvalue weighted by atomic mass is 9.78. The van der Waals surface area contributed by atoms with Gasteiger partial charge in [0.15, 0.2) is 5.78 Å². The van der Waals surface area contributed by atoms with E-state index in [1.807, 2.05) is 50.3 Å². The molecule has 0 aromatic heterocycles. The Hall–Kier alpha value is -3.89. The number of cyclic esters (lactones) is 1. The molecule has 3 heterocycles. The van der Waals surface area contributed by atoms with Crippen LogP contribution in [0.5, 0.6) is 0 Å². The number of hydrogen-bond donors (Lipinski definition) is 4. The second-order valence-corrected chi connectivity index (χ2v) is 19.7. The third-order valence-electron chi connectivity index (χ3n) is 14.6. The van der Waals surface area contributed by atoms with Crippen molar-refractivity contribution in [2.24, 2.45) is 35.5 Å². The number of carbonyl (C=O) groups is 5. The Morgan fingerprint density at radius 1 is 0.909 bits per heavy atom. The van der Waals surface area contributed by atoms with Crippen molar-refractivity contribution in [1.82, 2.24) is 4.90 Å². The van der Waals surface area contributed by atoms with Gasteiger partial charge in [0.25, 0.3) is 11.7 Å². The smallest absolute Gasteiger partial charge is 0.329 e. The average molecular weight is 922 g/mol. The minimum Gasteiger partial charge on any atom is -0.456 e. The zero-order chi connectivity index (χ0) is 48.5. The number of rotatable bonds is 9. The highest BCUT2D eigenvalue weighted by Gasteiger charge is 2.56. The van der Waals surface area contributed by atoms with Crippen LogP contribution < -0.4 is 0 Å². The van der Waals surface area contributed by atoms with Crippen LogP contribution in [0.1, 0.15) is 128 Å². The van der Waals surface area contributed by atoms with Gasteiger partial charge < -0.3 is 44.3 Å². The molecule has 1 aromatic rings. The first-order chi connectivity index (χ1) is 31.3. The van der Waals surface area contributed by atoms with Gasteiger partial charge in [-0.15, -0.1) is 0 Å². The molecule has 14 heteroatoms. The van der Waals surface area contributed by atoms with E-state index < -0.39 is 83.9 Å². The van der Waals surface area contributed by atoms with Gasteiger partial charge in [-0.3, -0.25) is 19.2 Å². The van der Waals surface area contributed by atoms with Crippen LogP contribution in [0.2, 0.25) is 0 Å². The van der Waals surface area contributed by atoms with Gasteiger partial charge in [0.2, 0.25) is 5.79 Å². The molecule has 5 rings (SSSR count). The first-order valence-electron chi connectivity index (χ1n) is 24.0. The molecule has 366 valence electrons. The number of aliphatic hydroxyl groups is 4. The van der Waals surface area contributed by atoms with E-state index in [2.05, 4.69) is 0 Å². The number of hydrogen-bond acceptors (Lipinski definition) is 13. The van der Waals surface area contributed by atoms with Crippen LogP contribution in [-0.4, -0.2) is 130 Å². The fourth-order valence-electron chi connectivity index (χ4n) is 10.5. The maximum atomic E-state index is 14.5. The van der Waals surface area contributed by atoms with Gasteiger partial charge in [-0.2, -0.15) is 0 Å². The van der Waals surface area contributed by atoms with Gasteiger partial charge in [0.05, 0.1) is 24.4 Å². The van der Waals surface area contributed by atoms with Gasteiger partial charge >= 0.3 is 5.97 Å². The fraction of sp³-hybridized carbons (Fsp3) is 0.673. The third kappa shape index (κ3) is 13.0. The molecule has 0 spiro atoms. The maximum Gasteiger partial charge on any atom is 0.329 e. The second-order valence-electron chi connectivity index (χ2n) is 19.7. The molecule has 14 nitrogen and oxygen atoms in total. The number of aliphatic hydroxyl groups excluding tert-OH is 3. The van der Waals surface area contributed by atoms with Crippen LogP contribution in [0, 0.1) is 35.5 Å². The summed E-state index contributed by atoms with van der Waals surface area (Å²) in [6.45, 7) is 10.5. The van der Waals surface area contributed by atoms with Crippen molar-refractivity contribution in [3.05, 3.63) is 64.8 Å². The Morgan fingerprint density at radius 2 is 1.59 bits per heavy atom. The van der Waals surface area contributed by atoms with Crippen LogP contribution >= 0.6 is 0 Å². The predicted octanol–water partition coefficient (Wildman–Crippen LogP) is 5.96. The summed E-state index contributed by atoms with van der Waals surface area (Å²) in [4.78, 5) is 70.6. The topological polar surface area (TPSA) is 206 Å². The number of Topliss-reactive ketones (excluding diaryl/α,β-unsaturated/α-hetero) is 3. The van der Waals surface area contributed by atoms with E-state index in [4.69, 9.17) is 18.9 Å². The highest BCUT2D eigenvalue weighted by molar-refractivity contribution is 6.39. The van der Waals surface area contributed by atoms with E-state index in [1.165, 1.54) is 21.1 Å². The number of fused-ring (bicyclic) bond motifs is 3. The van der Waals surface area contributed by atoms with E-state index >= 15 is 0 Å². The van der Waals surface area contributed by atoms with E-state index in [0.29, 0.717) is 62.5 Å². The molecule has 3 aliphatic heterocycles. The molecule has 3 fully saturated rings. The quantitative estimate of drug-likeness (QED) is 0.0978. The Bertz CT molecular complexity index is 1940. The molecule has 1 amide bonds. The lowest BCUT2D eigenvalue weighted by Gasteiger charge is -2.47. The van der Waals surface area contributed by atoms with E-state index in [9.17, 15) is 44.4 Å². The van der Waals surface area contributed by atoms with Crippen molar-refractivity contribution in [1.29, 1.82) is 0 Å². The Morgan fingerprint density at radius 3 is 2.24 bits per heavy atom. The molecule has 14 atom stereocenters. The molecule has 2 bridgehead atoms. The average Bonchev–Trinajstić information content (AvgIpc) is 3.29. The summed E-state index contributed by atoms with van der Waals surface area (Å²) in [5, 5.41) is 44.6. The number of nitrogens with zero attached hydrogens (tertiary/aromatic N) is 1. The largest absolute Gasteiger partial charge is 0.456 e. The standard InChI is InChI=1S/C52H75NO13/c1-30-22-31(2)24-45(63-7)48-46(64-8)26-33(4)52(62,66-48)49(59)50(60)53-21-10-9-14-41(53)51(61)65-47(32(3)25-37-17-20-42(56)40(27-37)29-54)34(5)43(57)28-44(58)39(23-30)13-11-12-36-15-18-38(19-16-36)35(6)55/h11-12,15-16,18-19,23,25,31,33-34,37,39-43,45-48,54,56-57,62H,9-10,13-14,17,20-22,24,26-29H2,1-8H3/b12-11+,30-23+,32-25+/t31-,33+,34+,37-,39?,40-,41?,42+,43-,45-,46-,47+,48+,52+/m0/s1. The summed E-state index contributed by atoms with van der Waals surface area (Å²) in [6, 6.07) is 6.00. The zero-order valence-corrected chi connectivity index (χ0v) is 40.2. The minimum absolute atomic E-state index is 0.0387. The summed E-state index contributed by atoms with van der Waals surface area (Å²) < 4.78 is 24.4. The number of methoxy groups -OCH3 is 2. The number of ether oxygens (including phenoxy) is 4. The maximum absolute atomic E-state index is 14.5. The summed E-state index contributed by atoms with van der Waals surface area (Å²) in [5.41, 5.74) is 2.97. The van der Waals surface area contributed by atoms with E-state index in [1.54, 1.807) is 32.9 Å². The van der Waals surface area contributed by atoms with Crippen LogP contribution in [0.25, 0.3) is 6.08 Å². The number of ketones is 3. The van der Waals surface area contributed by atoms with E-state index in [-0.39, 0.29) is 61.7 Å². The number of piperidine rings is 1. The molecule has 1 aliphatic carbocycles. The lowest BCUT2D eigenvalue weighted by molar-refractivity contribution is -0.302. The molecule has 66 heavy (non-hydrogen) atoms. The Labute approximate surface area is 390 Å². The summed E-state index contributed by atoms with van der Waals surface area (Å²) >= 11 is 0. The van der Waals surface area contributed by atoms with Crippen LogP contribution in [0.15, 0.2) is 53.6 Å². The van der Waals surface area contributed by atoms with Crippen molar-refractivity contribution >= 4 is 35.3 Å². The second kappa shape index (κ2) is 23.9. The minimum atomic E-state index is -2.55. The number of carbonyl (C=O) groups excluding carboxylic acids is 5. The number of allylic oxidation sites excluding steroid dienone is 4. The molecule has 4 aliphatic rings. The molecule has 0 radical (unpaired) electrons. The molecule has 2 unspecified atom stereocenters. The highest BCUT2D eigenvalue weighted by Crippen LogP contribution is 2.39. The molecule has 2 saturated heterocycles.